The normalized spacial score (nSPS) is 10.4. The van der Waals surface area contributed by atoms with E-state index in [1.54, 1.807) is 18.2 Å². The summed E-state index contributed by atoms with van der Waals surface area (Å²) in [6, 6.07) is 14.0. The quantitative estimate of drug-likeness (QED) is 0.486. The van der Waals surface area contributed by atoms with Crippen LogP contribution in [0.15, 0.2) is 58.1 Å². The Morgan fingerprint density at radius 2 is 1.96 bits per heavy atom. The minimum absolute atomic E-state index is 0.140. The Balaban J connectivity index is 1.91. The summed E-state index contributed by atoms with van der Waals surface area (Å²) >= 11 is 3.34. The fourth-order valence-corrected chi connectivity index (χ4v) is 2.29. The van der Waals surface area contributed by atoms with E-state index in [0.717, 1.165) is 10.0 Å². The summed E-state index contributed by atoms with van der Waals surface area (Å²) in [5.41, 5.74) is 8.64. The first kappa shape index (κ1) is 18.5. The van der Waals surface area contributed by atoms with E-state index >= 15 is 0 Å². The fraction of sp³-hybridized carbons (Fsp3) is 0.118. The van der Waals surface area contributed by atoms with Gasteiger partial charge < -0.3 is 15.8 Å². The van der Waals surface area contributed by atoms with E-state index in [0.29, 0.717) is 17.9 Å². The molecule has 7 nitrogen and oxygen atoms in total. The predicted molar refractivity (Wildman–Crippen MR) is 98.2 cm³/mol. The number of urea groups is 1. The number of rotatable bonds is 7. The smallest absolute Gasteiger partial charge is 0.332 e. The summed E-state index contributed by atoms with van der Waals surface area (Å²) in [6.07, 6.45) is 1.38. The van der Waals surface area contributed by atoms with Crippen molar-refractivity contribution in [2.24, 2.45) is 10.8 Å². The van der Waals surface area contributed by atoms with Crippen LogP contribution in [0, 0.1) is 0 Å². The average Bonchev–Trinajstić information content (AvgIpc) is 2.60. The molecule has 8 heteroatoms. The van der Waals surface area contributed by atoms with Crippen LogP contribution in [-0.2, 0) is 11.3 Å². The van der Waals surface area contributed by atoms with Crippen LogP contribution >= 0.6 is 15.9 Å². The molecule has 0 radical (unpaired) electrons. The van der Waals surface area contributed by atoms with Crippen LogP contribution in [0.5, 0.6) is 5.75 Å². The number of benzene rings is 2. The predicted octanol–water partition coefficient (Wildman–Crippen LogP) is 2.15. The molecule has 0 fully saturated rings. The molecule has 0 spiro atoms. The zero-order valence-electron chi connectivity index (χ0n) is 13.2. The van der Waals surface area contributed by atoms with Crippen LogP contribution < -0.4 is 21.2 Å². The zero-order chi connectivity index (χ0) is 18.1. The molecule has 0 saturated heterocycles. The van der Waals surface area contributed by atoms with Gasteiger partial charge in [-0.25, -0.2) is 10.2 Å². The van der Waals surface area contributed by atoms with Gasteiger partial charge in [0.05, 0.1) is 6.21 Å². The van der Waals surface area contributed by atoms with Crippen LogP contribution in [0.4, 0.5) is 4.79 Å². The molecule has 0 aromatic heterocycles. The van der Waals surface area contributed by atoms with Gasteiger partial charge in [0.2, 0.25) is 0 Å². The number of carbonyl (C=O) groups excluding carboxylic acids is 2. The molecule has 3 amide bonds. The van der Waals surface area contributed by atoms with E-state index in [4.69, 9.17) is 10.5 Å². The van der Waals surface area contributed by atoms with Gasteiger partial charge in [-0.3, -0.25) is 4.79 Å². The number of hydrogen-bond donors (Lipinski definition) is 3. The summed E-state index contributed by atoms with van der Waals surface area (Å²) in [6.45, 7) is 0.290. The molecule has 0 saturated carbocycles. The van der Waals surface area contributed by atoms with Crippen molar-refractivity contribution in [2.45, 2.75) is 6.54 Å². The van der Waals surface area contributed by atoms with Crippen molar-refractivity contribution < 1.29 is 14.3 Å². The van der Waals surface area contributed by atoms with Crippen molar-refractivity contribution in [1.29, 1.82) is 0 Å². The first-order chi connectivity index (χ1) is 12.0. The number of halogens is 1. The van der Waals surface area contributed by atoms with Crippen molar-refractivity contribution in [3.63, 3.8) is 0 Å². The molecular formula is C17H17BrN4O3. The van der Waals surface area contributed by atoms with Gasteiger partial charge in [0, 0.05) is 16.6 Å². The molecule has 4 N–H and O–H groups in total. The molecule has 25 heavy (non-hydrogen) atoms. The number of hydrazone groups is 1. The number of nitrogens with one attached hydrogen (secondary N) is 2. The summed E-state index contributed by atoms with van der Waals surface area (Å²) in [7, 11) is 0. The lowest BCUT2D eigenvalue weighted by molar-refractivity contribution is -0.123. The third kappa shape index (κ3) is 6.64. The maximum Gasteiger partial charge on any atom is 0.332 e. The van der Waals surface area contributed by atoms with Crippen molar-refractivity contribution in [3.8, 4) is 5.75 Å². The van der Waals surface area contributed by atoms with Crippen molar-refractivity contribution in [2.75, 3.05) is 6.61 Å². The number of amides is 3. The lowest BCUT2D eigenvalue weighted by Gasteiger charge is -2.10. The Morgan fingerprint density at radius 1 is 1.20 bits per heavy atom. The minimum atomic E-state index is -0.769. The second kappa shape index (κ2) is 9.43. The maximum atomic E-state index is 11.9. The summed E-state index contributed by atoms with van der Waals surface area (Å²) in [5, 5.41) is 6.47. The largest absolute Gasteiger partial charge is 0.483 e. The Hall–Kier alpha value is -2.87. The molecule has 2 aromatic rings. The Labute approximate surface area is 153 Å². The first-order valence-electron chi connectivity index (χ1n) is 7.36. The van der Waals surface area contributed by atoms with Crippen LogP contribution in [-0.4, -0.2) is 24.8 Å². The van der Waals surface area contributed by atoms with Gasteiger partial charge in [0.25, 0.3) is 5.91 Å². The molecule has 0 atom stereocenters. The van der Waals surface area contributed by atoms with Crippen LogP contribution in [0.25, 0.3) is 0 Å². The highest BCUT2D eigenvalue weighted by Crippen LogP contribution is 2.21. The zero-order valence-corrected chi connectivity index (χ0v) is 14.8. The second-order valence-electron chi connectivity index (χ2n) is 4.97. The van der Waals surface area contributed by atoms with Gasteiger partial charge in [0.15, 0.2) is 6.61 Å². The second-order valence-corrected chi connectivity index (χ2v) is 5.88. The number of hydrogen-bond acceptors (Lipinski definition) is 4. The Morgan fingerprint density at radius 3 is 2.68 bits per heavy atom. The average molecular weight is 405 g/mol. The highest BCUT2D eigenvalue weighted by Gasteiger charge is 2.07. The topological polar surface area (TPSA) is 106 Å². The van der Waals surface area contributed by atoms with E-state index in [-0.39, 0.29) is 12.5 Å². The SMILES string of the molecule is NC(=O)NN=Cc1cc(Br)ccc1OCC(=O)NCc1ccccc1. The van der Waals surface area contributed by atoms with E-state index in [1.807, 2.05) is 30.3 Å². The summed E-state index contributed by atoms with van der Waals surface area (Å²) in [5.74, 6) is 0.206. The van der Waals surface area contributed by atoms with Crippen LogP contribution in [0.1, 0.15) is 11.1 Å². The molecule has 130 valence electrons. The number of ether oxygens (including phenoxy) is 1. The van der Waals surface area contributed by atoms with Gasteiger partial charge in [-0.15, -0.1) is 0 Å². The fourth-order valence-electron chi connectivity index (χ4n) is 1.91. The molecule has 2 aromatic carbocycles. The van der Waals surface area contributed by atoms with Gasteiger partial charge in [-0.1, -0.05) is 46.3 Å². The highest BCUT2D eigenvalue weighted by molar-refractivity contribution is 9.10. The number of nitrogens with zero attached hydrogens (tertiary/aromatic N) is 1. The molecule has 0 aliphatic rings. The molecule has 2 rings (SSSR count). The van der Waals surface area contributed by atoms with E-state index < -0.39 is 6.03 Å². The van der Waals surface area contributed by atoms with Crippen molar-refractivity contribution in [3.05, 3.63) is 64.1 Å². The van der Waals surface area contributed by atoms with E-state index in [2.05, 4.69) is 31.8 Å². The lowest BCUT2D eigenvalue weighted by atomic mass is 10.2. The van der Waals surface area contributed by atoms with Gasteiger partial charge in [-0.05, 0) is 23.8 Å². The van der Waals surface area contributed by atoms with Crippen LogP contribution in [0.2, 0.25) is 0 Å². The van der Waals surface area contributed by atoms with Crippen molar-refractivity contribution in [1.82, 2.24) is 10.7 Å². The third-order valence-electron chi connectivity index (χ3n) is 3.04. The van der Waals surface area contributed by atoms with Gasteiger partial charge in [0.1, 0.15) is 5.75 Å². The Bertz CT molecular complexity index is 766. The Kier molecular flexibility index (Phi) is 6.97. The summed E-state index contributed by atoms with van der Waals surface area (Å²) < 4.78 is 6.33. The van der Waals surface area contributed by atoms with E-state index in [9.17, 15) is 9.59 Å². The maximum absolute atomic E-state index is 11.9. The molecule has 0 aliphatic heterocycles. The summed E-state index contributed by atoms with van der Waals surface area (Å²) in [4.78, 5) is 22.6. The number of carbonyl (C=O) groups is 2. The molecular weight excluding hydrogens is 388 g/mol. The van der Waals surface area contributed by atoms with Gasteiger partial charge in [-0.2, -0.15) is 5.10 Å². The minimum Gasteiger partial charge on any atom is -0.483 e. The van der Waals surface area contributed by atoms with E-state index in [1.165, 1.54) is 6.21 Å². The van der Waals surface area contributed by atoms with Gasteiger partial charge >= 0.3 is 6.03 Å². The number of nitrogens with two attached hydrogens (primary N) is 1. The first-order valence-corrected chi connectivity index (χ1v) is 8.15. The molecule has 0 bridgehead atoms. The standard InChI is InChI=1S/C17H17BrN4O3/c18-14-6-7-15(13(8-14)10-21-22-17(19)24)25-11-16(23)20-9-12-4-2-1-3-5-12/h1-8,10H,9,11H2,(H,20,23)(H3,19,22,24). The van der Waals surface area contributed by atoms with Crippen LogP contribution in [0.3, 0.4) is 0 Å². The highest BCUT2D eigenvalue weighted by atomic mass is 79.9. The van der Waals surface area contributed by atoms with Crippen molar-refractivity contribution >= 4 is 34.1 Å². The third-order valence-corrected chi connectivity index (χ3v) is 3.53. The monoisotopic (exact) mass is 404 g/mol. The lowest BCUT2D eigenvalue weighted by Crippen LogP contribution is -2.28. The molecule has 0 heterocycles. The molecule has 0 aliphatic carbocycles. The molecule has 0 unspecified atom stereocenters. The number of primary amides is 1.